The summed E-state index contributed by atoms with van der Waals surface area (Å²) in [6, 6.07) is 14.5. The van der Waals surface area contributed by atoms with Crippen LogP contribution >= 0.6 is 11.8 Å². The molecule has 0 saturated carbocycles. The predicted octanol–water partition coefficient (Wildman–Crippen LogP) is 4.15. The zero-order chi connectivity index (χ0) is 14.7. The van der Waals surface area contributed by atoms with Gasteiger partial charge in [-0.3, -0.25) is 0 Å². The number of aryl methyl sites for hydroxylation is 2. The first-order valence-corrected chi connectivity index (χ1v) is 8.35. The van der Waals surface area contributed by atoms with Crippen LogP contribution in [0.15, 0.2) is 47.4 Å². The van der Waals surface area contributed by atoms with Crippen LogP contribution < -0.4 is 4.74 Å². The van der Waals surface area contributed by atoms with E-state index >= 15 is 0 Å². The van der Waals surface area contributed by atoms with Crippen LogP contribution in [-0.4, -0.2) is 17.5 Å². The summed E-state index contributed by atoms with van der Waals surface area (Å²) in [7, 11) is 0. The zero-order valence-corrected chi connectivity index (χ0v) is 13.0. The number of ether oxygens (including phenoxy) is 1. The monoisotopic (exact) mass is 300 g/mol. The van der Waals surface area contributed by atoms with Crippen molar-refractivity contribution in [3.8, 4) is 5.75 Å². The van der Waals surface area contributed by atoms with Gasteiger partial charge in [0.05, 0.1) is 12.7 Å². The molecule has 0 radical (unpaired) electrons. The van der Waals surface area contributed by atoms with Crippen molar-refractivity contribution in [3.63, 3.8) is 0 Å². The Kier molecular flexibility index (Phi) is 4.51. The van der Waals surface area contributed by atoms with E-state index in [0.717, 1.165) is 30.8 Å². The van der Waals surface area contributed by atoms with Gasteiger partial charge in [-0.2, -0.15) is 0 Å². The molecule has 2 nitrogen and oxygen atoms in total. The molecule has 0 saturated heterocycles. The second kappa shape index (κ2) is 6.54. The van der Waals surface area contributed by atoms with E-state index in [0.29, 0.717) is 5.75 Å². The molecule has 0 aromatic heterocycles. The number of hydrogen-bond acceptors (Lipinski definition) is 3. The van der Waals surface area contributed by atoms with E-state index in [1.165, 1.54) is 16.0 Å². The molecule has 1 heterocycles. The van der Waals surface area contributed by atoms with Crippen LogP contribution in [0.3, 0.4) is 0 Å². The first kappa shape index (κ1) is 14.5. The van der Waals surface area contributed by atoms with Gasteiger partial charge >= 0.3 is 0 Å². The molecule has 1 atom stereocenters. The van der Waals surface area contributed by atoms with E-state index in [2.05, 4.69) is 37.3 Å². The fourth-order valence-electron chi connectivity index (χ4n) is 2.65. The van der Waals surface area contributed by atoms with Crippen LogP contribution in [0, 0.1) is 6.92 Å². The Labute approximate surface area is 130 Å². The molecular formula is C18H20O2S. The lowest BCUT2D eigenvalue weighted by Crippen LogP contribution is -2.13. The van der Waals surface area contributed by atoms with E-state index in [4.69, 9.17) is 4.74 Å². The smallest absolute Gasteiger partial charge is 0.128 e. The molecule has 3 rings (SSSR count). The number of para-hydroxylation sites is 1. The summed E-state index contributed by atoms with van der Waals surface area (Å²) < 4.78 is 5.78. The third-order valence-corrected chi connectivity index (χ3v) is 4.79. The zero-order valence-electron chi connectivity index (χ0n) is 12.2. The molecule has 1 unspecified atom stereocenters. The third-order valence-electron chi connectivity index (χ3n) is 3.72. The topological polar surface area (TPSA) is 29.5 Å². The minimum absolute atomic E-state index is 0.497. The van der Waals surface area contributed by atoms with Gasteiger partial charge in [0, 0.05) is 16.2 Å². The average molecular weight is 300 g/mol. The molecule has 3 heteroatoms. The largest absolute Gasteiger partial charge is 0.493 e. The third kappa shape index (κ3) is 3.42. The SMILES string of the molecule is Cc1cccc(SCC(O)c2cccc3c2OCCC3)c1. The van der Waals surface area contributed by atoms with E-state index in [-0.39, 0.29) is 0 Å². The van der Waals surface area contributed by atoms with Crippen molar-refractivity contribution < 1.29 is 9.84 Å². The first-order valence-electron chi connectivity index (χ1n) is 7.36. The number of aliphatic hydroxyl groups excluding tert-OH is 1. The van der Waals surface area contributed by atoms with Crippen molar-refractivity contribution in [2.45, 2.75) is 30.8 Å². The lowest BCUT2D eigenvalue weighted by atomic mass is 10.00. The molecule has 110 valence electrons. The minimum atomic E-state index is -0.497. The van der Waals surface area contributed by atoms with Gasteiger partial charge in [0.2, 0.25) is 0 Å². The molecule has 1 aliphatic heterocycles. The van der Waals surface area contributed by atoms with Gasteiger partial charge in [0.1, 0.15) is 5.75 Å². The maximum absolute atomic E-state index is 10.5. The van der Waals surface area contributed by atoms with E-state index in [9.17, 15) is 5.11 Å². The molecule has 0 spiro atoms. The van der Waals surface area contributed by atoms with Crippen molar-refractivity contribution in [3.05, 3.63) is 59.2 Å². The summed E-state index contributed by atoms with van der Waals surface area (Å²) in [5, 5.41) is 10.5. The highest BCUT2D eigenvalue weighted by molar-refractivity contribution is 7.99. The summed E-state index contributed by atoms with van der Waals surface area (Å²) >= 11 is 1.68. The van der Waals surface area contributed by atoms with Gasteiger partial charge in [0.15, 0.2) is 0 Å². The highest BCUT2D eigenvalue weighted by atomic mass is 32.2. The Morgan fingerprint density at radius 1 is 1.24 bits per heavy atom. The summed E-state index contributed by atoms with van der Waals surface area (Å²) in [5.41, 5.74) is 3.39. The molecule has 0 aliphatic carbocycles. The van der Waals surface area contributed by atoms with Gasteiger partial charge < -0.3 is 9.84 Å². The van der Waals surface area contributed by atoms with Crippen LogP contribution in [-0.2, 0) is 6.42 Å². The van der Waals surface area contributed by atoms with Crippen molar-refractivity contribution in [2.75, 3.05) is 12.4 Å². The fraction of sp³-hybridized carbons (Fsp3) is 0.333. The summed E-state index contributed by atoms with van der Waals surface area (Å²) in [4.78, 5) is 1.19. The Balaban J connectivity index is 1.72. The lowest BCUT2D eigenvalue weighted by Gasteiger charge is -2.22. The quantitative estimate of drug-likeness (QED) is 0.860. The number of hydrogen-bond donors (Lipinski definition) is 1. The molecule has 2 aromatic rings. The highest BCUT2D eigenvalue weighted by Gasteiger charge is 2.19. The molecule has 0 bridgehead atoms. The van der Waals surface area contributed by atoms with E-state index < -0.39 is 6.10 Å². The molecule has 0 amide bonds. The van der Waals surface area contributed by atoms with Crippen LogP contribution in [0.2, 0.25) is 0 Å². The Hall–Kier alpha value is -1.45. The Bertz CT molecular complexity index is 624. The van der Waals surface area contributed by atoms with Gasteiger partial charge in [-0.15, -0.1) is 11.8 Å². The number of benzene rings is 2. The number of rotatable bonds is 4. The van der Waals surface area contributed by atoms with Gasteiger partial charge in [0.25, 0.3) is 0 Å². The highest BCUT2D eigenvalue weighted by Crippen LogP contribution is 2.35. The second-order valence-electron chi connectivity index (χ2n) is 5.43. The van der Waals surface area contributed by atoms with Crippen LogP contribution in [0.4, 0.5) is 0 Å². The van der Waals surface area contributed by atoms with Gasteiger partial charge in [-0.05, 0) is 37.5 Å². The predicted molar refractivity (Wildman–Crippen MR) is 87.1 cm³/mol. The molecule has 21 heavy (non-hydrogen) atoms. The second-order valence-corrected chi connectivity index (χ2v) is 6.52. The molecule has 1 N–H and O–H groups in total. The summed E-state index contributed by atoms with van der Waals surface area (Å²) in [5.74, 6) is 1.55. The lowest BCUT2D eigenvalue weighted by molar-refractivity contribution is 0.192. The summed E-state index contributed by atoms with van der Waals surface area (Å²) in [6.45, 7) is 2.84. The number of fused-ring (bicyclic) bond motifs is 1. The van der Waals surface area contributed by atoms with Gasteiger partial charge in [-0.25, -0.2) is 0 Å². The van der Waals surface area contributed by atoms with Gasteiger partial charge in [-0.1, -0.05) is 35.9 Å². The van der Waals surface area contributed by atoms with E-state index in [1.807, 2.05) is 12.1 Å². The minimum Gasteiger partial charge on any atom is -0.493 e. The van der Waals surface area contributed by atoms with Crippen molar-refractivity contribution in [1.82, 2.24) is 0 Å². The first-order chi connectivity index (χ1) is 10.2. The number of aliphatic hydroxyl groups is 1. The Morgan fingerprint density at radius 2 is 2.10 bits per heavy atom. The Morgan fingerprint density at radius 3 is 2.95 bits per heavy atom. The molecular weight excluding hydrogens is 280 g/mol. The average Bonchev–Trinajstić information content (AvgIpc) is 2.52. The molecule has 1 aliphatic rings. The molecule has 2 aromatic carbocycles. The molecule has 0 fully saturated rings. The van der Waals surface area contributed by atoms with Crippen LogP contribution in [0.1, 0.15) is 29.2 Å². The standard InChI is InChI=1S/C18H20O2S/c1-13-5-2-8-15(11-13)21-12-17(19)16-9-3-6-14-7-4-10-20-18(14)16/h2-3,5-6,8-9,11,17,19H,4,7,10,12H2,1H3. The summed E-state index contributed by atoms with van der Waals surface area (Å²) in [6.07, 6.45) is 1.61. The maximum Gasteiger partial charge on any atom is 0.128 e. The van der Waals surface area contributed by atoms with Crippen molar-refractivity contribution in [1.29, 1.82) is 0 Å². The number of thioether (sulfide) groups is 1. The van der Waals surface area contributed by atoms with Crippen molar-refractivity contribution >= 4 is 11.8 Å². The fourth-order valence-corrected chi connectivity index (χ4v) is 3.62. The normalized spacial score (nSPS) is 15.1. The van der Waals surface area contributed by atoms with Crippen molar-refractivity contribution in [2.24, 2.45) is 0 Å². The maximum atomic E-state index is 10.5. The van der Waals surface area contributed by atoms with Crippen LogP contribution in [0.25, 0.3) is 0 Å². The van der Waals surface area contributed by atoms with Crippen LogP contribution in [0.5, 0.6) is 5.75 Å². The van der Waals surface area contributed by atoms with E-state index in [1.54, 1.807) is 11.8 Å².